The van der Waals surface area contributed by atoms with Gasteiger partial charge < -0.3 is 16.0 Å². The Hall–Kier alpha value is -4.21. The topological polar surface area (TPSA) is 105 Å². The summed E-state index contributed by atoms with van der Waals surface area (Å²) in [5.74, 6) is -1.59. The molecule has 0 unspecified atom stereocenters. The van der Waals surface area contributed by atoms with E-state index in [9.17, 15) is 8.78 Å². The second-order valence-electron chi connectivity index (χ2n) is 8.24. The first-order valence-electron chi connectivity index (χ1n) is 11.5. The van der Waals surface area contributed by atoms with Gasteiger partial charge in [0.1, 0.15) is 11.6 Å². The van der Waals surface area contributed by atoms with Crippen LogP contribution in [-0.4, -0.2) is 46.3 Å². The van der Waals surface area contributed by atoms with Crippen molar-refractivity contribution in [3.8, 4) is 22.5 Å². The summed E-state index contributed by atoms with van der Waals surface area (Å²) in [4.78, 5) is 21.4. The van der Waals surface area contributed by atoms with Crippen LogP contribution in [-0.2, 0) is 0 Å². The first-order valence-corrected chi connectivity index (χ1v) is 11.8. The van der Waals surface area contributed by atoms with E-state index in [-0.39, 0.29) is 10.6 Å². The van der Waals surface area contributed by atoms with E-state index in [1.807, 2.05) is 25.2 Å². The number of likely N-dealkylation sites (N-methyl/N-ethyl adjacent to an activating group) is 1. The first kappa shape index (κ1) is 24.5. The fraction of sp³-hybridized carbons (Fsp3) is 0.111. The third-order valence-electron chi connectivity index (χ3n) is 5.86. The molecule has 0 atom stereocenters. The van der Waals surface area contributed by atoms with Gasteiger partial charge in [-0.1, -0.05) is 11.6 Å². The molecule has 37 heavy (non-hydrogen) atoms. The summed E-state index contributed by atoms with van der Waals surface area (Å²) in [7, 11) is 1.86. The van der Waals surface area contributed by atoms with E-state index < -0.39 is 11.6 Å². The number of aromatic nitrogens is 4. The molecular weight excluding hydrogens is 496 g/mol. The first-order chi connectivity index (χ1) is 18.0. The summed E-state index contributed by atoms with van der Waals surface area (Å²) in [6.45, 7) is 1.35. The molecule has 0 aliphatic rings. The number of fused-ring (bicyclic) bond motifs is 2. The van der Waals surface area contributed by atoms with Crippen LogP contribution in [0.15, 0.2) is 66.1 Å². The third kappa shape index (κ3) is 4.78. The average Bonchev–Trinajstić information content (AvgIpc) is 3.29. The molecule has 0 bridgehead atoms. The number of hydrogen-bond acceptors (Lipinski definition) is 6. The van der Waals surface area contributed by atoms with Gasteiger partial charge in [-0.05, 0) is 43.4 Å². The third-order valence-corrected chi connectivity index (χ3v) is 6.15. The van der Waals surface area contributed by atoms with Crippen molar-refractivity contribution in [3.05, 3.63) is 83.3 Å². The molecule has 5 rings (SSSR count). The number of pyridine rings is 3. The van der Waals surface area contributed by atoms with Gasteiger partial charge in [-0.25, -0.2) is 13.8 Å². The van der Waals surface area contributed by atoms with Gasteiger partial charge in [0.25, 0.3) is 0 Å². The Bertz CT molecular complexity index is 1680. The Labute approximate surface area is 216 Å². The largest absolute Gasteiger partial charge is 0.404 e. The van der Waals surface area contributed by atoms with E-state index in [1.165, 1.54) is 12.3 Å². The zero-order valence-electron chi connectivity index (χ0n) is 19.8. The van der Waals surface area contributed by atoms with Gasteiger partial charge in [-0.3, -0.25) is 15.0 Å². The highest BCUT2D eigenvalue weighted by Gasteiger charge is 2.21. The summed E-state index contributed by atoms with van der Waals surface area (Å²) in [6, 6.07) is 11.1. The summed E-state index contributed by atoms with van der Waals surface area (Å²) >= 11 is 6.00. The normalized spacial score (nSPS) is 12.3. The van der Waals surface area contributed by atoms with Gasteiger partial charge in [0.05, 0.1) is 50.6 Å². The van der Waals surface area contributed by atoms with Crippen molar-refractivity contribution in [2.75, 3.05) is 20.1 Å². The standard InChI is InChI=1S/C27H22ClF2N7/c1-32-7-8-33-13-16(12-31)15-9-24-21(35-14-15)4-5-22(36-24)25-26(37-23-3-2-6-34-27(23)25)17-10-18(28)20(30)11-19(17)29/h2-6,9-14,32,37H,7-8,31H2,1H3/b16-12+,33-13?. The molecule has 4 heterocycles. The van der Waals surface area contributed by atoms with Crippen LogP contribution in [0, 0.1) is 11.6 Å². The maximum atomic E-state index is 14.9. The van der Waals surface area contributed by atoms with Crippen molar-refractivity contribution < 1.29 is 8.78 Å². The lowest BCUT2D eigenvalue weighted by atomic mass is 10.0. The number of aliphatic imine (C=N–C) groups is 1. The maximum absolute atomic E-state index is 14.9. The minimum atomic E-state index is -0.834. The van der Waals surface area contributed by atoms with Crippen LogP contribution >= 0.6 is 11.6 Å². The minimum absolute atomic E-state index is 0.110. The molecule has 0 amide bonds. The van der Waals surface area contributed by atoms with Crippen LogP contribution in [0.4, 0.5) is 8.78 Å². The van der Waals surface area contributed by atoms with Crippen LogP contribution in [0.25, 0.3) is 50.2 Å². The van der Waals surface area contributed by atoms with E-state index in [1.54, 1.807) is 30.7 Å². The van der Waals surface area contributed by atoms with Gasteiger partial charge in [-0.2, -0.15) is 0 Å². The maximum Gasteiger partial charge on any atom is 0.144 e. The Kier molecular flexibility index (Phi) is 6.89. The smallest absolute Gasteiger partial charge is 0.144 e. The molecule has 0 saturated carbocycles. The number of hydrogen-bond donors (Lipinski definition) is 3. The fourth-order valence-corrected chi connectivity index (χ4v) is 4.21. The molecular formula is C27H22ClF2N7. The van der Waals surface area contributed by atoms with Crippen molar-refractivity contribution in [2.24, 2.45) is 10.7 Å². The van der Waals surface area contributed by atoms with Gasteiger partial charge in [0.2, 0.25) is 0 Å². The van der Waals surface area contributed by atoms with E-state index in [0.29, 0.717) is 51.1 Å². The number of allylic oxidation sites excluding steroid dienone is 1. The molecule has 10 heteroatoms. The van der Waals surface area contributed by atoms with Crippen molar-refractivity contribution in [1.29, 1.82) is 0 Å². The number of halogens is 3. The number of benzene rings is 1. The molecule has 7 nitrogen and oxygen atoms in total. The summed E-state index contributed by atoms with van der Waals surface area (Å²) in [5, 5.41) is 2.85. The summed E-state index contributed by atoms with van der Waals surface area (Å²) in [5.41, 5.74) is 11.4. The zero-order chi connectivity index (χ0) is 25.9. The lowest BCUT2D eigenvalue weighted by Crippen LogP contribution is -2.10. The second kappa shape index (κ2) is 10.4. The van der Waals surface area contributed by atoms with Crippen LogP contribution in [0.3, 0.4) is 0 Å². The Morgan fingerprint density at radius 1 is 1.14 bits per heavy atom. The predicted octanol–water partition coefficient (Wildman–Crippen LogP) is 5.36. The van der Waals surface area contributed by atoms with Gasteiger partial charge >= 0.3 is 0 Å². The zero-order valence-corrected chi connectivity index (χ0v) is 20.5. The minimum Gasteiger partial charge on any atom is -0.404 e. The molecule has 0 radical (unpaired) electrons. The molecule has 4 N–H and O–H groups in total. The van der Waals surface area contributed by atoms with Gasteiger partial charge in [-0.15, -0.1) is 0 Å². The van der Waals surface area contributed by atoms with E-state index in [2.05, 4.69) is 25.3 Å². The molecule has 5 aromatic rings. The average molecular weight is 518 g/mol. The number of nitrogens with two attached hydrogens (primary N) is 1. The predicted molar refractivity (Wildman–Crippen MR) is 144 cm³/mol. The van der Waals surface area contributed by atoms with E-state index in [4.69, 9.17) is 22.3 Å². The highest BCUT2D eigenvalue weighted by Crippen LogP contribution is 2.39. The van der Waals surface area contributed by atoms with Crippen LogP contribution < -0.4 is 11.1 Å². The molecule has 4 aromatic heterocycles. The fourth-order valence-electron chi connectivity index (χ4n) is 4.04. The lowest BCUT2D eigenvalue weighted by Gasteiger charge is -2.09. The van der Waals surface area contributed by atoms with Crippen molar-refractivity contribution >= 4 is 45.5 Å². The Morgan fingerprint density at radius 2 is 2.00 bits per heavy atom. The molecule has 0 aliphatic heterocycles. The highest BCUT2D eigenvalue weighted by molar-refractivity contribution is 6.31. The van der Waals surface area contributed by atoms with Crippen LogP contribution in [0.1, 0.15) is 5.56 Å². The Balaban J connectivity index is 1.66. The van der Waals surface area contributed by atoms with E-state index in [0.717, 1.165) is 18.2 Å². The molecule has 1 aromatic carbocycles. The SMILES string of the molecule is CNCCN=C/C(=C\N)c1cnc2ccc(-c3c(-c4cc(Cl)c(F)cc4F)[nH]c4cccnc34)nc2c1. The number of rotatable bonds is 7. The van der Waals surface area contributed by atoms with E-state index >= 15 is 0 Å². The Morgan fingerprint density at radius 3 is 2.81 bits per heavy atom. The lowest BCUT2D eigenvalue weighted by molar-refractivity contribution is 0.585. The van der Waals surface area contributed by atoms with Crippen molar-refractivity contribution in [1.82, 2.24) is 25.3 Å². The van der Waals surface area contributed by atoms with Crippen LogP contribution in [0.5, 0.6) is 0 Å². The molecule has 0 fully saturated rings. The van der Waals surface area contributed by atoms with Gasteiger partial charge in [0, 0.05) is 54.1 Å². The van der Waals surface area contributed by atoms with Gasteiger partial charge in [0.15, 0.2) is 0 Å². The highest BCUT2D eigenvalue weighted by atomic mass is 35.5. The second-order valence-corrected chi connectivity index (χ2v) is 8.65. The monoisotopic (exact) mass is 517 g/mol. The molecule has 0 aliphatic carbocycles. The molecule has 186 valence electrons. The number of aromatic amines is 1. The van der Waals surface area contributed by atoms with Crippen LogP contribution in [0.2, 0.25) is 5.02 Å². The van der Waals surface area contributed by atoms with Crippen molar-refractivity contribution in [3.63, 3.8) is 0 Å². The number of H-pyrrole nitrogens is 1. The molecule has 0 spiro atoms. The molecule has 0 saturated heterocycles. The quantitative estimate of drug-likeness (QED) is 0.153. The number of nitrogens with one attached hydrogen (secondary N) is 2. The van der Waals surface area contributed by atoms with Crippen molar-refractivity contribution in [2.45, 2.75) is 0 Å². The number of nitrogens with zero attached hydrogens (tertiary/aromatic N) is 4. The summed E-state index contributed by atoms with van der Waals surface area (Å²) in [6.07, 6.45) is 6.52. The summed E-state index contributed by atoms with van der Waals surface area (Å²) < 4.78 is 28.8.